The Labute approximate surface area is 120 Å². The summed E-state index contributed by atoms with van der Waals surface area (Å²) in [6.45, 7) is 3.91. The van der Waals surface area contributed by atoms with Gasteiger partial charge in [-0.05, 0) is 31.7 Å². The van der Waals surface area contributed by atoms with E-state index in [2.05, 4.69) is 10.1 Å². The third-order valence-corrected chi connectivity index (χ3v) is 3.73. The van der Waals surface area contributed by atoms with Gasteiger partial charge in [-0.25, -0.2) is 0 Å². The number of hydrogen-bond acceptors (Lipinski definition) is 5. The number of ether oxygens (including phenoxy) is 1. The summed E-state index contributed by atoms with van der Waals surface area (Å²) in [6.07, 6.45) is 2.81. The predicted molar refractivity (Wildman–Crippen MR) is 75.1 cm³/mol. The van der Waals surface area contributed by atoms with E-state index in [9.17, 15) is 9.59 Å². The Morgan fingerprint density at radius 2 is 2.15 bits per heavy atom. The molecule has 1 aliphatic heterocycles. The Kier molecular flexibility index (Phi) is 7.54. The molecule has 1 amide bonds. The summed E-state index contributed by atoms with van der Waals surface area (Å²) in [6, 6.07) is 0.238. The zero-order valence-electron chi connectivity index (χ0n) is 12.4. The van der Waals surface area contributed by atoms with Crippen LogP contribution in [-0.2, 0) is 14.3 Å². The maximum Gasteiger partial charge on any atom is 0.305 e. The fourth-order valence-corrected chi connectivity index (χ4v) is 2.63. The second-order valence-corrected chi connectivity index (χ2v) is 5.37. The van der Waals surface area contributed by atoms with E-state index in [0.717, 1.165) is 19.4 Å². The molecule has 1 saturated heterocycles. The van der Waals surface area contributed by atoms with Crippen LogP contribution in [0.3, 0.4) is 0 Å². The first-order valence-corrected chi connectivity index (χ1v) is 7.23. The Morgan fingerprint density at radius 3 is 2.75 bits per heavy atom. The van der Waals surface area contributed by atoms with Gasteiger partial charge in [-0.15, -0.1) is 0 Å². The third kappa shape index (κ3) is 5.88. The smallest absolute Gasteiger partial charge is 0.305 e. The molecule has 2 N–H and O–H groups in total. The molecule has 1 fully saturated rings. The molecule has 1 aliphatic rings. The Morgan fingerprint density at radius 1 is 1.40 bits per heavy atom. The molecule has 116 valence electrons. The van der Waals surface area contributed by atoms with Gasteiger partial charge in [0.1, 0.15) is 0 Å². The number of methoxy groups -OCH3 is 1. The molecule has 0 aromatic rings. The maximum absolute atomic E-state index is 11.6. The number of esters is 1. The van der Waals surface area contributed by atoms with E-state index in [4.69, 9.17) is 5.11 Å². The van der Waals surface area contributed by atoms with Crippen LogP contribution in [0.1, 0.15) is 32.6 Å². The van der Waals surface area contributed by atoms with Gasteiger partial charge in [0, 0.05) is 39.1 Å². The molecule has 0 aliphatic carbocycles. The van der Waals surface area contributed by atoms with Gasteiger partial charge in [-0.2, -0.15) is 0 Å². The quantitative estimate of drug-likeness (QED) is 0.514. The molecule has 0 aromatic carbocycles. The maximum atomic E-state index is 11.6. The lowest BCUT2D eigenvalue weighted by molar-refractivity contribution is -0.141. The molecule has 2 atom stereocenters. The summed E-state index contributed by atoms with van der Waals surface area (Å²) in [5.74, 6) is 0.190. The van der Waals surface area contributed by atoms with Crippen LogP contribution in [0.4, 0.5) is 0 Å². The van der Waals surface area contributed by atoms with Crippen LogP contribution in [0, 0.1) is 5.92 Å². The zero-order valence-corrected chi connectivity index (χ0v) is 12.4. The summed E-state index contributed by atoms with van der Waals surface area (Å²) in [7, 11) is 1.39. The lowest BCUT2D eigenvalue weighted by Gasteiger charge is -2.38. The summed E-state index contributed by atoms with van der Waals surface area (Å²) in [5, 5.41) is 12.2. The topological polar surface area (TPSA) is 78.9 Å². The van der Waals surface area contributed by atoms with Crippen molar-refractivity contribution < 1.29 is 19.4 Å². The molecular formula is C14H26N2O4. The van der Waals surface area contributed by atoms with E-state index in [1.807, 2.05) is 4.90 Å². The first-order chi connectivity index (χ1) is 9.56. The molecule has 0 spiro atoms. The largest absolute Gasteiger partial charge is 0.469 e. The highest BCUT2D eigenvalue weighted by molar-refractivity contribution is 5.73. The van der Waals surface area contributed by atoms with Gasteiger partial charge < -0.3 is 20.1 Å². The van der Waals surface area contributed by atoms with Crippen molar-refractivity contribution in [2.45, 2.75) is 38.6 Å². The summed E-state index contributed by atoms with van der Waals surface area (Å²) < 4.78 is 4.66. The van der Waals surface area contributed by atoms with Crippen LogP contribution in [0.2, 0.25) is 0 Å². The number of carbonyl (C=O) groups excluding carboxylic acids is 2. The Bertz CT molecular complexity index is 322. The Hall–Kier alpha value is -1.14. The van der Waals surface area contributed by atoms with E-state index >= 15 is 0 Å². The van der Waals surface area contributed by atoms with Crippen LogP contribution in [0.25, 0.3) is 0 Å². The van der Waals surface area contributed by atoms with Crippen LogP contribution in [0.5, 0.6) is 0 Å². The lowest BCUT2D eigenvalue weighted by atomic mass is 9.90. The normalized spacial score (nSPS) is 22.6. The number of aliphatic hydroxyl groups excluding tert-OH is 1. The molecule has 1 heterocycles. The predicted octanol–water partition coefficient (Wildman–Crippen LogP) is 0.149. The van der Waals surface area contributed by atoms with E-state index in [1.165, 1.54) is 7.11 Å². The SMILES string of the molecule is COC(=O)CCC1CC(NCCCO)CN(C(C)=O)C1. The lowest BCUT2D eigenvalue weighted by Crippen LogP contribution is -2.51. The number of nitrogens with one attached hydrogen (secondary N) is 1. The number of hydrogen-bond donors (Lipinski definition) is 2. The standard InChI is InChI=1S/C14H26N2O4/c1-11(18)16-9-12(4-5-14(19)20-2)8-13(10-16)15-6-3-7-17/h12-13,15,17H,3-10H2,1-2H3. The molecule has 0 saturated carbocycles. The van der Waals surface area contributed by atoms with Crippen molar-refractivity contribution in [1.29, 1.82) is 0 Å². The molecule has 20 heavy (non-hydrogen) atoms. The third-order valence-electron chi connectivity index (χ3n) is 3.73. The number of amides is 1. The van der Waals surface area contributed by atoms with Gasteiger partial charge >= 0.3 is 5.97 Å². The second-order valence-electron chi connectivity index (χ2n) is 5.37. The van der Waals surface area contributed by atoms with E-state index in [-0.39, 0.29) is 24.5 Å². The number of piperidine rings is 1. The highest BCUT2D eigenvalue weighted by Gasteiger charge is 2.28. The molecule has 1 rings (SSSR count). The first-order valence-electron chi connectivity index (χ1n) is 7.23. The number of rotatable bonds is 7. The Balaban J connectivity index is 2.47. The average molecular weight is 286 g/mol. The molecular weight excluding hydrogens is 260 g/mol. The monoisotopic (exact) mass is 286 g/mol. The number of aliphatic hydroxyl groups is 1. The zero-order chi connectivity index (χ0) is 15.0. The molecule has 0 aromatic heterocycles. The number of nitrogens with zero attached hydrogens (tertiary/aromatic N) is 1. The van der Waals surface area contributed by atoms with Crippen molar-refractivity contribution in [1.82, 2.24) is 10.2 Å². The minimum absolute atomic E-state index is 0.0710. The van der Waals surface area contributed by atoms with Crippen molar-refractivity contribution in [3.63, 3.8) is 0 Å². The van der Waals surface area contributed by atoms with Crippen LogP contribution < -0.4 is 5.32 Å². The fourth-order valence-electron chi connectivity index (χ4n) is 2.63. The average Bonchev–Trinajstić information content (AvgIpc) is 2.44. The van der Waals surface area contributed by atoms with E-state index < -0.39 is 0 Å². The number of carbonyl (C=O) groups is 2. The van der Waals surface area contributed by atoms with Gasteiger partial charge in [0.2, 0.25) is 5.91 Å². The van der Waals surface area contributed by atoms with Gasteiger partial charge in [0.15, 0.2) is 0 Å². The highest BCUT2D eigenvalue weighted by atomic mass is 16.5. The summed E-state index contributed by atoms with van der Waals surface area (Å²) in [4.78, 5) is 24.6. The van der Waals surface area contributed by atoms with Gasteiger partial charge in [0.05, 0.1) is 7.11 Å². The molecule has 2 unspecified atom stereocenters. The van der Waals surface area contributed by atoms with Gasteiger partial charge in [0.25, 0.3) is 0 Å². The minimum atomic E-state index is -0.199. The fraction of sp³-hybridized carbons (Fsp3) is 0.857. The van der Waals surface area contributed by atoms with E-state index in [1.54, 1.807) is 6.92 Å². The minimum Gasteiger partial charge on any atom is -0.469 e. The molecule has 6 nitrogen and oxygen atoms in total. The van der Waals surface area contributed by atoms with Crippen LogP contribution in [0.15, 0.2) is 0 Å². The van der Waals surface area contributed by atoms with E-state index in [0.29, 0.717) is 31.8 Å². The second kappa shape index (κ2) is 8.92. The molecule has 0 radical (unpaired) electrons. The highest BCUT2D eigenvalue weighted by Crippen LogP contribution is 2.22. The van der Waals surface area contributed by atoms with Gasteiger partial charge in [-0.1, -0.05) is 0 Å². The molecule has 6 heteroatoms. The van der Waals surface area contributed by atoms with Crippen molar-refractivity contribution >= 4 is 11.9 Å². The van der Waals surface area contributed by atoms with Crippen molar-refractivity contribution in [2.24, 2.45) is 5.92 Å². The first kappa shape index (κ1) is 16.9. The molecule has 0 bridgehead atoms. The van der Waals surface area contributed by atoms with Crippen molar-refractivity contribution in [3.05, 3.63) is 0 Å². The number of likely N-dealkylation sites (tertiary alicyclic amines) is 1. The van der Waals surface area contributed by atoms with Crippen molar-refractivity contribution in [2.75, 3.05) is 33.4 Å². The van der Waals surface area contributed by atoms with Crippen molar-refractivity contribution in [3.8, 4) is 0 Å². The van der Waals surface area contributed by atoms with Crippen LogP contribution in [-0.4, -0.2) is 61.3 Å². The summed E-state index contributed by atoms with van der Waals surface area (Å²) >= 11 is 0. The summed E-state index contributed by atoms with van der Waals surface area (Å²) in [5.41, 5.74) is 0. The van der Waals surface area contributed by atoms with Gasteiger partial charge in [-0.3, -0.25) is 9.59 Å². The van der Waals surface area contributed by atoms with Crippen LogP contribution >= 0.6 is 0 Å².